The molecule has 0 bridgehead atoms. The number of anilines is 2. The smallest absolute Gasteiger partial charge is 0.261 e. The molecule has 6 aromatic carbocycles. The van der Waals surface area contributed by atoms with Crippen LogP contribution in [0.3, 0.4) is 0 Å². The number of ketones is 1. The first-order valence-electron chi connectivity index (χ1n) is 23.7. The van der Waals surface area contributed by atoms with Gasteiger partial charge in [-0.2, -0.15) is 9.97 Å². The lowest BCUT2D eigenvalue weighted by molar-refractivity contribution is -0.120. The second-order valence-electron chi connectivity index (χ2n) is 17.9. The van der Waals surface area contributed by atoms with E-state index in [1.165, 1.54) is 12.7 Å². The molecule has 0 saturated heterocycles. The van der Waals surface area contributed by atoms with E-state index in [1.807, 2.05) is 64.4 Å². The van der Waals surface area contributed by atoms with Crippen molar-refractivity contribution in [2.24, 2.45) is 14.1 Å². The molecule has 0 radical (unpaired) electrons. The Morgan fingerprint density at radius 1 is 0.487 bits per heavy atom. The van der Waals surface area contributed by atoms with Gasteiger partial charge in [0.05, 0.1) is 34.3 Å². The number of aromatic nitrogens is 8. The lowest BCUT2D eigenvalue weighted by Crippen LogP contribution is -2.19. The van der Waals surface area contributed by atoms with E-state index in [9.17, 15) is 16.8 Å². The Labute approximate surface area is 438 Å². The van der Waals surface area contributed by atoms with Crippen molar-refractivity contribution in [3.63, 3.8) is 0 Å². The molecular formula is C57H48N10O7S2. The Morgan fingerprint density at radius 3 is 1.22 bits per heavy atom. The number of Topliss-reactive ketones (excluding diaryl/α,β-unsaturated/α-hetero) is 1. The summed E-state index contributed by atoms with van der Waals surface area (Å²) in [5.41, 5.74) is 7.40. The highest BCUT2D eigenvalue weighted by molar-refractivity contribution is 7.93. The van der Waals surface area contributed by atoms with E-state index in [-0.39, 0.29) is 15.6 Å². The van der Waals surface area contributed by atoms with Gasteiger partial charge < -0.3 is 18.6 Å². The average molecular weight is 1050 g/mol. The lowest BCUT2D eigenvalue weighted by atomic mass is 9.82. The number of rotatable bonds is 18. The van der Waals surface area contributed by atoms with Gasteiger partial charge in [-0.25, -0.2) is 36.8 Å². The molecule has 0 fully saturated rings. The van der Waals surface area contributed by atoms with Crippen molar-refractivity contribution < 1.29 is 31.1 Å². The molecule has 2 N–H and O–H groups in total. The number of allylic oxidation sites excluding steroid dienone is 2. The van der Waals surface area contributed by atoms with Crippen LogP contribution in [-0.4, -0.2) is 61.7 Å². The van der Waals surface area contributed by atoms with Gasteiger partial charge in [-0.1, -0.05) is 108 Å². The van der Waals surface area contributed by atoms with E-state index in [2.05, 4.69) is 39.3 Å². The summed E-state index contributed by atoms with van der Waals surface area (Å²) in [4.78, 5) is 41.6. The zero-order valence-electron chi connectivity index (χ0n) is 41.4. The zero-order valence-corrected chi connectivity index (χ0v) is 43.0. The second kappa shape index (κ2) is 21.3. The molecule has 380 valence electrons. The van der Waals surface area contributed by atoms with Crippen LogP contribution in [-0.2, 0) is 38.9 Å². The van der Waals surface area contributed by atoms with Crippen molar-refractivity contribution >= 4 is 71.7 Å². The molecule has 10 rings (SSSR count). The quantitative estimate of drug-likeness (QED) is 0.0819. The Bertz CT molecular complexity index is 3750. The highest BCUT2D eigenvalue weighted by Crippen LogP contribution is 2.34. The first-order valence-corrected chi connectivity index (χ1v) is 26.7. The maximum absolute atomic E-state index is 15.5. The fraction of sp³-hybridized carbons (Fsp3) is 0.105. The minimum absolute atomic E-state index is 0.110. The van der Waals surface area contributed by atoms with Crippen LogP contribution in [0.2, 0.25) is 0 Å². The second-order valence-corrected chi connectivity index (χ2v) is 21.3. The van der Waals surface area contributed by atoms with Gasteiger partial charge in [0.15, 0.2) is 28.1 Å². The van der Waals surface area contributed by atoms with Crippen molar-refractivity contribution in [3.8, 4) is 23.3 Å². The van der Waals surface area contributed by atoms with Crippen molar-refractivity contribution in [3.05, 3.63) is 216 Å². The molecule has 2 unspecified atom stereocenters. The molecule has 76 heavy (non-hydrogen) atoms. The number of hydrogen-bond donors (Lipinski definition) is 2. The van der Waals surface area contributed by atoms with Gasteiger partial charge >= 0.3 is 0 Å². The van der Waals surface area contributed by atoms with Crippen LogP contribution in [0.1, 0.15) is 45.2 Å². The van der Waals surface area contributed by atoms with E-state index in [1.54, 1.807) is 155 Å². The minimum atomic E-state index is -3.92. The SMILES string of the molecule is Cc1ccc(S(=O)(=O)Nc2ccc(C(/C=C/c3ccc(Oc4ncnc5c4ncn5C)cc3)C(=O)C(/C=C/c3ccc(Oc4ncnc5c4ncn5C)cc3)c3ccc(NS(=O)(=O)c4ccc(C)cc4)cc3)cc2)cc1. The number of nitrogens with one attached hydrogen (secondary N) is 2. The van der Waals surface area contributed by atoms with Gasteiger partial charge in [-0.05, 0) is 109 Å². The summed E-state index contributed by atoms with van der Waals surface area (Å²) in [6, 6.07) is 40.9. The third kappa shape index (κ3) is 11.2. The molecule has 10 aromatic rings. The van der Waals surface area contributed by atoms with E-state index < -0.39 is 31.9 Å². The number of nitrogens with zero attached hydrogens (tertiary/aromatic N) is 8. The molecule has 0 saturated carbocycles. The van der Waals surface area contributed by atoms with Gasteiger partial charge in [-0.3, -0.25) is 14.2 Å². The summed E-state index contributed by atoms with van der Waals surface area (Å²) in [6.45, 7) is 3.75. The summed E-state index contributed by atoms with van der Waals surface area (Å²) in [5.74, 6) is -0.395. The molecule has 4 heterocycles. The number of benzene rings is 6. The third-order valence-electron chi connectivity index (χ3n) is 12.4. The Hall–Kier alpha value is -9.33. The number of ether oxygens (including phenoxy) is 2. The van der Waals surface area contributed by atoms with Gasteiger partial charge in [0.2, 0.25) is 0 Å². The monoisotopic (exact) mass is 1050 g/mol. The fourth-order valence-corrected chi connectivity index (χ4v) is 10.4. The Morgan fingerprint density at radius 2 is 0.855 bits per heavy atom. The number of hydrogen-bond acceptors (Lipinski definition) is 13. The maximum atomic E-state index is 15.5. The largest absolute Gasteiger partial charge is 0.437 e. The van der Waals surface area contributed by atoms with E-state index in [0.717, 1.165) is 22.3 Å². The van der Waals surface area contributed by atoms with Gasteiger partial charge in [-0.15, -0.1) is 0 Å². The van der Waals surface area contributed by atoms with Crippen molar-refractivity contribution in [2.45, 2.75) is 35.5 Å². The molecule has 0 amide bonds. The predicted molar refractivity (Wildman–Crippen MR) is 291 cm³/mol. The van der Waals surface area contributed by atoms with Crippen molar-refractivity contribution in [1.29, 1.82) is 0 Å². The molecule has 0 aliphatic carbocycles. The maximum Gasteiger partial charge on any atom is 0.261 e. The first-order chi connectivity index (χ1) is 36.7. The number of carbonyl (C=O) groups is 1. The zero-order chi connectivity index (χ0) is 53.0. The van der Waals surface area contributed by atoms with Crippen LogP contribution in [0.5, 0.6) is 23.3 Å². The van der Waals surface area contributed by atoms with E-state index in [0.29, 0.717) is 68.1 Å². The summed E-state index contributed by atoms with van der Waals surface area (Å²) in [5, 5.41) is 0. The molecule has 2 atom stereocenters. The highest BCUT2D eigenvalue weighted by atomic mass is 32.2. The van der Waals surface area contributed by atoms with Crippen LogP contribution < -0.4 is 18.9 Å². The molecular weight excluding hydrogens is 1000 g/mol. The van der Waals surface area contributed by atoms with E-state index in [4.69, 9.17) is 9.47 Å². The summed E-state index contributed by atoms with van der Waals surface area (Å²) < 4.78 is 74.7. The third-order valence-corrected chi connectivity index (χ3v) is 15.2. The van der Waals surface area contributed by atoms with Gasteiger partial charge in [0, 0.05) is 25.5 Å². The molecule has 0 spiro atoms. The Kier molecular flexibility index (Phi) is 14.0. The number of sulfonamides is 2. The average Bonchev–Trinajstić information content (AvgIpc) is 4.00. The standard InChI is InChI=1S/C57H48N10O7S2/c1-37-5-27-47(28-6-37)75(69,70)64-43-19-15-41(16-20-43)49(31-13-39-9-23-45(24-10-39)73-56-51-54(58-33-60-56)66(3)35-62-51)53(68)50(42-17-21-44(22-18-42)65-76(71,72)48-29-7-38(2)8-30-48)32-14-40-11-25-46(26-12-40)74-57-52-55(59-34-61-57)67(4)36-63-52/h5-36,49-50,64-65H,1-4H3/b31-13+,32-14+. The van der Waals surface area contributed by atoms with Crippen molar-refractivity contribution in [1.82, 2.24) is 39.0 Å². The van der Waals surface area contributed by atoms with Crippen LogP contribution >= 0.6 is 0 Å². The number of imidazole rings is 2. The van der Waals surface area contributed by atoms with Crippen LogP contribution in [0, 0.1) is 13.8 Å². The van der Waals surface area contributed by atoms with Crippen LogP contribution in [0.25, 0.3) is 34.5 Å². The first kappa shape index (κ1) is 50.2. The van der Waals surface area contributed by atoms with Gasteiger partial charge in [0.25, 0.3) is 31.8 Å². The summed E-state index contributed by atoms with van der Waals surface area (Å²) in [7, 11) is -4.18. The molecule has 0 aliphatic rings. The lowest BCUT2D eigenvalue weighted by Gasteiger charge is -2.20. The fourth-order valence-electron chi connectivity index (χ4n) is 8.24. The minimum Gasteiger partial charge on any atom is -0.437 e. The number of carbonyl (C=O) groups excluding carboxylic acids is 1. The van der Waals surface area contributed by atoms with Gasteiger partial charge in [0.1, 0.15) is 24.2 Å². The van der Waals surface area contributed by atoms with Crippen LogP contribution in [0.4, 0.5) is 11.4 Å². The normalized spacial score (nSPS) is 12.8. The number of aryl methyl sites for hydroxylation is 4. The highest BCUT2D eigenvalue weighted by Gasteiger charge is 2.27. The number of fused-ring (bicyclic) bond motifs is 2. The summed E-state index contributed by atoms with van der Waals surface area (Å²) in [6.07, 6.45) is 13.4. The van der Waals surface area contributed by atoms with Crippen molar-refractivity contribution in [2.75, 3.05) is 9.44 Å². The molecule has 4 aromatic heterocycles. The molecule has 17 nitrogen and oxygen atoms in total. The predicted octanol–water partition coefficient (Wildman–Crippen LogP) is 10.7. The van der Waals surface area contributed by atoms with Crippen LogP contribution in [0.15, 0.2) is 193 Å². The molecule has 0 aliphatic heterocycles. The topological polar surface area (TPSA) is 215 Å². The summed E-state index contributed by atoms with van der Waals surface area (Å²) >= 11 is 0. The van der Waals surface area contributed by atoms with E-state index >= 15 is 4.79 Å². The molecule has 19 heteroatoms. The Balaban J connectivity index is 0.978.